The van der Waals surface area contributed by atoms with Crippen LogP contribution in [0.5, 0.6) is 0 Å². The van der Waals surface area contributed by atoms with Crippen molar-refractivity contribution in [2.75, 3.05) is 6.61 Å². The summed E-state index contributed by atoms with van der Waals surface area (Å²) in [5.74, 6) is 0.430. The normalized spacial score (nSPS) is 15.2. The molecule has 4 nitrogen and oxygen atoms in total. The lowest BCUT2D eigenvalue weighted by Crippen LogP contribution is -2.42. The molecule has 0 saturated carbocycles. The largest absolute Gasteiger partial charge is 0.377 e. The Balaban J connectivity index is 2.69. The number of nitrogens with two attached hydrogens (primary N) is 1. The van der Waals surface area contributed by atoms with E-state index in [1.165, 1.54) is 5.69 Å². The zero-order chi connectivity index (χ0) is 13.0. The van der Waals surface area contributed by atoms with Gasteiger partial charge in [0.15, 0.2) is 0 Å². The fourth-order valence-corrected chi connectivity index (χ4v) is 2.22. The van der Waals surface area contributed by atoms with Gasteiger partial charge < -0.3 is 10.5 Å². The average Bonchev–Trinajstić information content (AvgIpc) is 2.53. The molecule has 2 unspecified atom stereocenters. The van der Waals surface area contributed by atoms with Gasteiger partial charge in [-0.05, 0) is 25.8 Å². The van der Waals surface area contributed by atoms with Crippen LogP contribution in [0.15, 0.2) is 6.07 Å². The predicted octanol–water partition coefficient (Wildman–Crippen LogP) is 1.66. The minimum atomic E-state index is 0.0183. The molecule has 0 spiro atoms. The second kappa shape index (κ2) is 6.17. The molecule has 17 heavy (non-hydrogen) atoms. The van der Waals surface area contributed by atoms with Crippen molar-refractivity contribution in [1.82, 2.24) is 9.78 Å². The zero-order valence-corrected chi connectivity index (χ0v) is 11.6. The fraction of sp³-hybridized carbons (Fsp3) is 0.769. The van der Waals surface area contributed by atoms with Gasteiger partial charge in [0.2, 0.25) is 0 Å². The van der Waals surface area contributed by atoms with Gasteiger partial charge in [0.1, 0.15) is 0 Å². The van der Waals surface area contributed by atoms with Crippen LogP contribution in [-0.4, -0.2) is 28.5 Å². The number of hydrogen-bond acceptors (Lipinski definition) is 3. The van der Waals surface area contributed by atoms with Crippen molar-refractivity contribution < 1.29 is 4.74 Å². The van der Waals surface area contributed by atoms with Gasteiger partial charge in [-0.1, -0.05) is 13.8 Å². The summed E-state index contributed by atoms with van der Waals surface area (Å²) >= 11 is 0. The molecule has 98 valence electrons. The Bertz CT molecular complexity index is 346. The van der Waals surface area contributed by atoms with Gasteiger partial charge in [0, 0.05) is 31.8 Å². The molecule has 0 bridgehead atoms. The van der Waals surface area contributed by atoms with Gasteiger partial charge in [-0.2, -0.15) is 5.10 Å². The standard InChI is InChI=1S/C13H25N3O/c1-6-17-13(9(2)3)12(14)8-11-7-10(4)15-16(11)5/h7,9,12-13H,6,8,14H2,1-5H3. The van der Waals surface area contributed by atoms with Gasteiger partial charge in [-0.15, -0.1) is 0 Å². The first-order valence-corrected chi connectivity index (χ1v) is 6.32. The molecule has 0 saturated heterocycles. The Morgan fingerprint density at radius 2 is 2.12 bits per heavy atom. The fourth-order valence-electron chi connectivity index (χ4n) is 2.22. The van der Waals surface area contributed by atoms with Gasteiger partial charge >= 0.3 is 0 Å². The Morgan fingerprint density at radius 3 is 2.53 bits per heavy atom. The SMILES string of the molecule is CCOC(C(C)C)C(N)Cc1cc(C)nn1C. The summed E-state index contributed by atoms with van der Waals surface area (Å²) in [5, 5.41) is 4.33. The smallest absolute Gasteiger partial charge is 0.0752 e. The molecule has 1 aromatic heterocycles. The Kier molecular flexibility index (Phi) is 5.15. The third-order valence-corrected chi connectivity index (χ3v) is 2.98. The van der Waals surface area contributed by atoms with Crippen molar-refractivity contribution in [3.05, 3.63) is 17.5 Å². The summed E-state index contributed by atoms with van der Waals surface area (Å²) in [5.41, 5.74) is 8.45. The van der Waals surface area contributed by atoms with Crippen molar-refractivity contribution in [2.45, 2.75) is 46.3 Å². The highest BCUT2D eigenvalue weighted by molar-refractivity contribution is 5.10. The van der Waals surface area contributed by atoms with E-state index >= 15 is 0 Å². The van der Waals surface area contributed by atoms with E-state index in [4.69, 9.17) is 10.5 Å². The summed E-state index contributed by atoms with van der Waals surface area (Å²) < 4.78 is 7.63. The van der Waals surface area contributed by atoms with Gasteiger partial charge in [-0.3, -0.25) is 4.68 Å². The lowest BCUT2D eigenvalue weighted by molar-refractivity contribution is 0.0124. The molecule has 4 heteroatoms. The van der Waals surface area contributed by atoms with Crippen LogP contribution < -0.4 is 5.73 Å². The van der Waals surface area contributed by atoms with Crippen molar-refractivity contribution in [1.29, 1.82) is 0 Å². The van der Waals surface area contributed by atoms with Crippen LogP contribution in [0.25, 0.3) is 0 Å². The quantitative estimate of drug-likeness (QED) is 0.821. The second-order valence-electron chi connectivity index (χ2n) is 4.93. The molecule has 0 aromatic carbocycles. The van der Waals surface area contributed by atoms with E-state index in [1.54, 1.807) is 0 Å². The van der Waals surface area contributed by atoms with E-state index in [9.17, 15) is 0 Å². The minimum absolute atomic E-state index is 0.0183. The third kappa shape index (κ3) is 3.82. The average molecular weight is 239 g/mol. The van der Waals surface area contributed by atoms with Crippen molar-refractivity contribution >= 4 is 0 Å². The molecule has 0 aliphatic heterocycles. The molecule has 0 fully saturated rings. The Morgan fingerprint density at radius 1 is 1.47 bits per heavy atom. The lowest BCUT2D eigenvalue weighted by Gasteiger charge is -2.27. The van der Waals surface area contributed by atoms with Crippen molar-refractivity contribution in [2.24, 2.45) is 18.7 Å². The maximum absolute atomic E-state index is 6.25. The first-order valence-electron chi connectivity index (χ1n) is 6.32. The number of rotatable bonds is 6. The van der Waals surface area contributed by atoms with E-state index in [2.05, 4.69) is 25.0 Å². The predicted molar refractivity (Wildman–Crippen MR) is 69.9 cm³/mol. The van der Waals surface area contributed by atoms with Gasteiger partial charge in [-0.25, -0.2) is 0 Å². The molecule has 2 atom stereocenters. The molecule has 1 rings (SSSR count). The number of ether oxygens (including phenoxy) is 1. The van der Waals surface area contributed by atoms with E-state index in [1.807, 2.05) is 25.6 Å². The van der Waals surface area contributed by atoms with Gasteiger partial charge in [0.05, 0.1) is 11.8 Å². The summed E-state index contributed by atoms with van der Waals surface area (Å²) in [4.78, 5) is 0. The summed E-state index contributed by atoms with van der Waals surface area (Å²) in [6.45, 7) is 9.01. The summed E-state index contributed by atoms with van der Waals surface area (Å²) in [6, 6.07) is 2.10. The number of hydrogen-bond donors (Lipinski definition) is 1. The summed E-state index contributed by atoms with van der Waals surface area (Å²) in [7, 11) is 1.96. The zero-order valence-electron chi connectivity index (χ0n) is 11.6. The summed E-state index contributed by atoms with van der Waals surface area (Å²) in [6.07, 6.45) is 0.912. The molecular formula is C13H25N3O. The molecule has 1 heterocycles. The van der Waals surface area contributed by atoms with E-state index in [-0.39, 0.29) is 12.1 Å². The first kappa shape index (κ1) is 14.2. The Labute approximate surface area is 104 Å². The van der Waals surface area contributed by atoms with Crippen molar-refractivity contribution in [3.63, 3.8) is 0 Å². The number of aromatic nitrogens is 2. The third-order valence-electron chi connectivity index (χ3n) is 2.98. The number of aryl methyl sites for hydroxylation is 2. The van der Waals surface area contributed by atoms with Crippen molar-refractivity contribution in [3.8, 4) is 0 Å². The Hall–Kier alpha value is -0.870. The molecule has 2 N–H and O–H groups in total. The number of nitrogens with zero attached hydrogens (tertiary/aromatic N) is 2. The van der Waals surface area contributed by atoms with E-state index in [0.29, 0.717) is 12.5 Å². The van der Waals surface area contributed by atoms with Gasteiger partial charge in [0.25, 0.3) is 0 Å². The molecule has 0 amide bonds. The van der Waals surface area contributed by atoms with Crippen LogP contribution in [-0.2, 0) is 18.2 Å². The topological polar surface area (TPSA) is 53.1 Å². The van der Waals surface area contributed by atoms with E-state index in [0.717, 1.165) is 12.1 Å². The monoisotopic (exact) mass is 239 g/mol. The maximum atomic E-state index is 6.25. The van der Waals surface area contributed by atoms with Crippen LogP contribution in [0, 0.1) is 12.8 Å². The maximum Gasteiger partial charge on any atom is 0.0752 e. The molecule has 1 aromatic rings. The highest BCUT2D eigenvalue weighted by Gasteiger charge is 2.22. The van der Waals surface area contributed by atoms with E-state index < -0.39 is 0 Å². The van der Waals surface area contributed by atoms with Crippen LogP contribution in [0.4, 0.5) is 0 Å². The second-order valence-corrected chi connectivity index (χ2v) is 4.93. The molecule has 0 radical (unpaired) electrons. The van der Waals surface area contributed by atoms with Crippen LogP contribution in [0.1, 0.15) is 32.2 Å². The first-order chi connectivity index (χ1) is 7.95. The lowest BCUT2D eigenvalue weighted by atomic mass is 9.96. The molecular weight excluding hydrogens is 214 g/mol. The molecule has 0 aliphatic carbocycles. The van der Waals surface area contributed by atoms with Crippen LogP contribution >= 0.6 is 0 Å². The highest BCUT2D eigenvalue weighted by Crippen LogP contribution is 2.14. The van der Waals surface area contributed by atoms with Crippen LogP contribution in [0.3, 0.4) is 0 Å². The highest BCUT2D eigenvalue weighted by atomic mass is 16.5. The van der Waals surface area contributed by atoms with Crippen LogP contribution in [0.2, 0.25) is 0 Å². The molecule has 0 aliphatic rings. The minimum Gasteiger partial charge on any atom is -0.377 e.